The zero-order chi connectivity index (χ0) is 26.0. The summed E-state index contributed by atoms with van der Waals surface area (Å²) in [4.78, 5) is 43.6. The molecular weight excluding hydrogens is 507 g/mol. The number of likely N-dealkylation sites (tertiary alicyclic amines) is 1. The van der Waals surface area contributed by atoms with E-state index in [1.807, 2.05) is 10.3 Å². The number of carbonyl (C=O) groups excluding carboxylic acids is 2. The third-order valence-electron chi connectivity index (χ3n) is 6.85. The summed E-state index contributed by atoms with van der Waals surface area (Å²) in [6.45, 7) is 5.60. The molecule has 2 aliphatic rings. The molecule has 14 heteroatoms. The van der Waals surface area contributed by atoms with E-state index in [-0.39, 0.29) is 39.6 Å². The average molecular weight is 537 g/mol. The van der Waals surface area contributed by atoms with Crippen LogP contribution >= 0.6 is 23.2 Å². The first-order valence-electron chi connectivity index (χ1n) is 11.8. The molecule has 194 valence electrons. The molecule has 2 amide bonds. The highest BCUT2D eigenvalue weighted by molar-refractivity contribution is 6.32. The Morgan fingerprint density at radius 3 is 2.42 bits per heavy atom. The second-order valence-corrected chi connectivity index (χ2v) is 9.63. The molecule has 1 atom stereocenters. The zero-order valence-corrected chi connectivity index (χ0v) is 21.5. The van der Waals surface area contributed by atoms with Crippen LogP contribution in [0.25, 0.3) is 0 Å². The average Bonchev–Trinajstić information content (AvgIpc) is 2.88. The number of rotatable bonds is 5. The Kier molecular flexibility index (Phi) is 7.98. The van der Waals surface area contributed by atoms with Gasteiger partial charge in [-0.1, -0.05) is 30.1 Å². The van der Waals surface area contributed by atoms with Crippen molar-refractivity contribution in [3.63, 3.8) is 0 Å². The lowest BCUT2D eigenvalue weighted by atomic mass is 9.97. The van der Waals surface area contributed by atoms with Gasteiger partial charge in [0.25, 0.3) is 11.8 Å². The van der Waals surface area contributed by atoms with Crippen LogP contribution in [0.3, 0.4) is 0 Å². The van der Waals surface area contributed by atoms with E-state index < -0.39 is 5.91 Å². The van der Waals surface area contributed by atoms with Crippen molar-refractivity contribution in [1.29, 1.82) is 0 Å². The van der Waals surface area contributed by atoms with Gasteiger partial charge in [0.2, 0.25) is 0 Å². The number of pyridine rings is 1. The maximum absolute atomic E-state index is 13.0. The molecule has 2 saturated heterocycles. The molecule has 0 aliphatic carbocycles. The molecule has 0 radical (unpaired) electrons. The van der Waals surface area contributed by atoms with Gasteiger partial charge in [-0.2, -0.15) is 0 Å². The number of piperazine rings is 1. The number of hydrogen-bond acceptors (Lipinski definition) is 10. The second-order valence-electron chi connectivity index (χ2n) is 8.88. The number of nitrogen functional groups attached to an aromatic ring is 3. The molecule has 4 rings (SSSR count). The van der Waals surface area contributed by atoms with Gasteiger partial charge >= 0.3 is 0 Å². The fourth-order valence-corrected chi connectivity index (χ4v) is 5.36. The summed E-state index contributed by atoms with van der Waals surface area (Å²) in [6, 6.07) is 3.81. The summed E-state index contributed by atoms with van der Waals surface area (Å²) in [6.07, 6.45) is 2.65. The first-order valence-corrected chi connectivity index (χ1v) is 12.5. The number of nitrogens with zero attached hydrogens (tertiary/aromatic N) is 6. The monoisotopic (exact) mass is 536 g/mol. The number of nitrogens with two attached hydrogens (primary N) is 3. The molecule has 2 fully saturated rings. The fourth-order valence-electron chi connectivity index (χ4n) is 4.96. The van der Waals surface area contributed by atoms with Gasteiger partial charge in [-0.3, -0.25) is 19.9 Å². The summed E-state index contributed by atoms with van der Waals surface area (Å²) in [5.41, 5.74) is 14.1. The minimum Gasteiger partial charge on any atom is -0.383 e. The fraction of sp³-hybridized carbons (Fsp3) is 0.500. The quantitative estimate of drug-likeness (QED) is 0.188. The van der Waals surface area contributed by atoms with Crippen LogP contribution in [0.15, 0.2) is 12.1 Å². The highest BCUT2D eigenvalue weighted by Crippen LogP contribution is 2.30. The Morgan fingerprint density at radius 2 is 1.78 bits per heavy atom. The van der Waals surface area contributed by atoms with E-state index in [1.54, 1.807) is 12.1 Å². The Labute approximate surface area is 219 Å². The maximum Gasteiger partial charge on any atom is 0.287 e. The first-order chi connectivity index (χ1) is 17.2. The van der Waals surface area contributed by atoms with Crippen LogP contribution in [-0.2, 0) is 0 Å². The van der Waals surface area contributed by atoms with Crippen LogP contribution in [0.2, 0.25) is 10.3 Å². The summed E-state index contributed by atoms with van der Waals surface area (Å²) >= 11 is 12.2. The van der Waals surface area contributed by atoms with Crippen molar-refractivity contribution in [3.8, 4) is 0 Å². The van der Waals surface area contributed by atoms with Gasteiger partial charge in [-0.15, -0.1) is 0 Å². The van der Waals surface area contributed by atoms with E-state index in [0.29, 0.717) is 43.6 Å². The summed E-state index contributed by atoms with van der Waals surface area (Å²) in [7, 11) is 0. The number of hydrogen-bond donors (Lipinski definition) is 4. The summed E-state index contributed by atoms with van der Waals surface area (Å²) < 4.78 is 0. The van der Waals surface area contributed by atoms with Crippen molar-refractivity contribution in [2.75, 3.05) is 49.1 Å². The smallest absolute Gasteiger partial charge is 0.287 e. The highest BCUT2D eigenvalue weighted by Gasteiger charge is 2.35. The minimum atomic E-state index is -0.649. The predicted molar refractivity (Wildman–Crippen MR) is 139 cm³/mol. The number of carbonyl (C=O) groups is 2. The number of hydrazine groups is 1. The van der Waals surface area contributed by atoms with Gasteiger partial charge < -0.3 is 21.3 Å². The van der Waals surface area contributed by atoms with E-state index in [2.05, 4.69) is 31.7 Å². The molecule has 2 aromatic rings. The minimum absolute atomic E-state index is 0.0265. The van der Waals surface area contributed by atoms with Crippen molar-refractivity contribution < 1.29 is 9.59 Å². The SMILES string of the molecule is CC[C@H]1CN(c2nc(N)c(C(=O)NN)nc2Cl)CCN1C1CCN(C(=O)c2ccc(Cl)nc2N)CC1. The number of amides is 2. The van der Waals surface area contributed by atoms with Crippen LogP contribution in [-0.4, -0.2) is 81.4 Å². The molecule has 0 unspecified atom stereocenters. The third kappa shape index (κ3) is 5.26. The molecule has 0 spiro atoms. The lowest BCUT2D eigenvalue weighted by molar-refractivity contribution is 0.0491. The van der Waals surface area contributed by atoms with Crippen molar-refractivity contribution in [2.45, 2.75) is 38.3 Å². The van der Waals surface area contributed by atoms with Crippen molar-refractivity contribution in [2.24, 2.45) is 5.84 Å². The Hall–Kier alpha value is -2.93. The zero-order valence-electron chi connectivity index (χ0n) is 20.0. The Bertz CT molecular complexity index is 1140. The topological polar surface area (TPSA) is 173 Å². The molecule has 36 heavy (non-hydrogen) atoms. The molecule has 0 aromatic carbocycles. The normalized spacial score (nSPS) is 19.4. The van der Waals surface area contributed by atoms with Crippen LogP contribution < -0.4 is 27.6 Å². The van der Waals surface area contributed by atoms with Crippen LogP contribution in [0.4, 0.5) is 17.5 Å². The number of aromatic nitrogens is 3. The molecule has 7 N–H and O–H groups in total. The molecule has 0 saturated carbocycles. The first kappa shape index (κ1) is 26.1. The van der Waals surface area contributed by atoms with Gasteiger partial charge in [0.15, 0.2) is 22.5 Å². The van der Waals surface area contributed by atoms with Crippen molar-refractivity contribution in [3.05, 3.63) is 33.7 Å². The number of piperidine rings is 1. The van der Waals surface area contributed by atoms with Crippen LogP contribution in [0.1, 0.15) is 47.0 Å². The molecule has 2 aliphatic heterocycles. The van der Waals surface area contributed by atoms with E-state index in [4.69, 9.17) is 40.5 Å². The standard InChI is InChI=1S/C22H30Cl2N10O2/c1-2-12-11-33(20-17(24)29-16(19(26)30-20)21(35)31-27)9-10-34(12)13-5-7-32(8-6-13)22(36)14-3-4-15(23)28-18(14)25/h3-4,12-13H,2,5-11,27H2,1H3,(H2,25,28)(H2,26,30)(H,31,35)/t12-/m0/s1. The molecule has 2 aromatic heterocycles. The third-order valence-corrected chi connectivity index (χ3v) is 7.31. The van der Waals surface area contributed by atoms with Crippen LogP contribution in [0.5, 0.6) is 0 Å². The number of halogens is 2. The van der Waals surface area contributed by atoms with Crippen molar-refractivity contribution in [1.82, 2.24) is 30.2 Å². The maximum atomic E-state index is 13.0. The lowest BCUT2D eigenvalue weighted by Gasteiger charge is -2.47. The van der Waals surface area contributed by atoms with Gasteiger partial charge in [0.05, 0.1) is 5.56 Å². The molecule has 0 bridgehead atoms. The van der Waals surface area contributed by atoms with Gasteiger partial charge in [0.1, 0.15) is 11.0 Å². The van der Waals surface area contributed by atoms with E-state index in [0.717, 1.165) is 25.8 Å². The number of nitrogens with one attached hydrogen (secondary N) is 1. The van der Waals surface area contributed by atoms with Gasteiger partial charge in [0, 0.05) is 44.8 Å². The van der Waals surface area contributed by atoms with Crippen molar-refractivity contribution >= 4 is 52.5 Å². The van der Waals surface area contributed by atoms with E-state index >= 15 is 0 Å². The lowest BCUT2D eigenvalue weighted by Crippen LogP contribution is -2.58. The number of anilines is 3. The highest BCUT2D eigenvalue weighted by atomic mass is 35.5. The molecule has 4 heterocycles. The van der Waals surface area contributed by atoms with Gasteiger partial charge in [-0.25, -0.2) is 20.8 Å². The summed E-state index contributed by atoms with van der Waals surface area (Å²) in [5.74, 6) is 4.98. The van der Waals surface area contributed by atoms with Crippen LogP contribution in [0, 0.1) is 0 Å². The van der Waals surface area contributed by atoms with Gasteiger partial charge in [-0.05, 0) is 31.4 Å². The Balaban J connectivity index is 1.40. The second kappa shape index (κ2) is 11.0. The molecular formula is C22H30Cl2N10O2. The largest absolute Gasteiger partial charge is 0.383 e. The Morgan fingerprint density at radius 1 is 1.06 bits per heavy atom. The van der Waals surface area contributed by atoms with E-state index in [1.165, 1.54) is 0 Å². The summed E-state index contributed by atoms with van der Waals surface area (Å²) in [5, 5.41) is 0.369. The predicted octanol–water partition coefficient (Wildman–Crippen LogP) is 1.15. The molecule has 12 nitrogen and oxygen atoms in total. The van der Waals surface area contributed by atoms with E-state index in [9.17, 15) is 9.59 Å².